The number of aliphatic imine (C=N–C) groups is 1. The van der Waals surface area contributed by atoms with E-state index in [1.165, 1.54) is 18.4 Å². The number of guanidine groups is 1. The largest absolute Gasteiger partial charge is 0.379 e. The topological polar surface area (TPSA) is 48.9 Å². The molecule has 2 N–H and O–H groups in total. The van der Waals surface area contributed by atoms with Crippen LogP contribution in [0.3, 0.4) is 0 Å². The average Bonchev–Trinajstić information content (AvgIpc) is 3.16. The van der Waals surface area contributed by atoms with Crippen molar-refractivity contribution < 1.29 is 9.13 Å². The van der Waals surface area contributed by atoms with Crippen molar-refractivity contribution in [3.05, 3.63) is 35.6 Å². The van der Waals surface area contributed by atoms with Crippen LogP contribution in [-0.4, -0.2) is 63.8 Å². The second kappa shape index (κ2) is 9.33. The van der Waals surface area contributed by atoms with E-state index in [4.69, 9.17) is 4.74 Å². The Balaban J connectivity index is 1.51. The van der Waals surface area contributed by atoms with Crippen LogP contribution in [0, 0.1) is 5.82 Å². The molecular formula is C20H31FN4O. The molecule has 144 valence electrons. The lowest BCUT2D eigenvalue weighted by molar-refractivity contribution is 0.0389. The molecule has 0 aromatic heterocycles. The highest BCUT2D eigenvalue weighted by Gasteiger charge is 2.35. The fraction of sp³-hybridized carbons (Fsp3) is 0.650. The minimum atomic E-state index is -0.171. The number of benzene rings is 1. The zero-order valence-corrected chi connectivity index (χ0v) is 15.8. The van der Waals surface area contributed by atoms with Gasteiger partial charge in [0.25, 0.3) is 0 Å². The summed E-state index contributed by atoms with van der Waals surface area (Å²) >= 11 is 0. The Hall–Kier alpha value is -1.66. The number of rotatable bonds is 6. The first-order chi connectivity index (χ1) is 12.7. The van der Waals surface area contributed by atoms with E-state index < -0.39 is 0 Å². The lowest BCUT2D eigenvalue weighted by Crippen LogP contribution is -2.47. The van der Waals surface area contributed by atoms with Crippen molar-refractivity contribution in [2.75, 3.05) is 53.0 Å². The van der Waals surface area contributed by atoms with Gasteiger partial charge in [-0.15, -0.1) is 0 Å². The number of nitrogens with zero attached hydrogens (tertiary/aromatic N) is 2. The van der Waals surface area contributed by atoms with Gasteiger partial charge >= 0.3 is 0 Å². The van der Waals surface area contributed by atoms with E-state index >= 15 is 0 Å². The van der Waals surface area contributed by atoms with Crippen LogP contribution >= 0.6 is 0 Å². The molecule has 3 rings (SSSR count). The highest BCUT2D eigenvalue weighted by molar-refractivity contribution is 5.79. The summed E-state index contributed by atoms with van der Waals surface area (Å²) < 4.78 is 18.7. The van der Waals surface area contributed by atoms with Crippen LogP contribution in [-0.2, 0) is 10.2 Å². The molecule has 6 heteroatoms. The van der Waals surface area contributed by atoms with Gasteiger partial charge in [0.05, 0.1) is 13.2 Å². The number of ether oxygens (including phenoxy) is 1. The summed E-state index contributed by atoms with van der Waals surface area (Å²) in [5.41, 5.74) is 1.31. The van der Waals surface area contributed by atoms with Gasteiger partial charge in [0.1, 0.15) is 5.82 Å². The first-order valence-electron chi connectivity index (χ1n) is 9.72. The highest BCUT2D eigenvalue weighted by atomic mass is 19.1. The molecule has 2 fully saturated rings. The van der Waals surface area contributed by atoms with Crippen LogP contribution in [0.4, 0.5) is 4.39 Å². The van der Waals surface area contributed by atoms with E-state index in [1.54, 1.807) is 12.1 Å². The van der Waals surface area contributed by atoms with Crippen LogP contribution in [0.2, 0.25) is 0 Å². The van der Waals surface area contributed by atoms with Crippen LogP contribution in [0.5, 0.6) is 0 Å². The molecule has 1 aromatic carbocycles. The van der Waals surface area contributed by atoms with Gasteiger partial charge in [-0.2, -0.15) is 0 Å². The first-order valence-corrected chi connectivity index (χ1v) is 9.72. The van der Waals surface area contributed by atoms with Crippen molar-refractivity contribution >= 4 is 5.96 Å². The molecule has 0 unspecified atom stereocenters. The number of morpholine rings is 1. The van der Waals surface area contributed by atoms with E-state index in [0.717, 1.165) is 64.7 Å². The number of halogens is 1. The molecule has 0 radical (unpaired) electrons. The molecule has 26 heavy (non-hydrogen) atoms. The molecule has 5 nitrogen and oxygen atoms in total. The van der Waals surface area contributed by atoms with Crippen LogP contribution < -0.4 is 10.6 Å². The molecule has 1 aliphatic heterocycles. The van der Waals surface area contributed by atoms with Crippen molar-refractivity contribution in [3.8, 4) is 0 Å². The predicted molar refractivity (Wildman–Crippen MR) is 103 cm³/mol. The van der Waals surface area contributed by atoms with Crippen molar-refractivity contribution in [1.29, 1.82) is 0 Å². The summed E-state index contributed by atoms with van der Waals surface area (Å²) in [6, 6.07) is 7.03. The second-order valence-corrected chi connectivity index (χ2v) is 7.30. The zero-order valence-electron chi connectivity index (χ0n) is 15.8. The molecule has 1 saturated heterocycles. The minimum absolute atomic E-state index is 0.0789. The lowest BCUT2D eigenvalue weighted by Gasteiger charge is -2.31. The van der Waals surface area contributed by atoms with Crippen molar-refractivity contribution in [1.82, 2.24) is 15.5 Å². The molecule has 1 aromatic rings. The van der Waals surface area contributed by atoms with Gasteiger partial charge in [-0.05, 0) is 30.5 Å². The quantitative estimate of drug-likeness (QED) is 0.601. The molecule has 0 spiro atoms. The molecule has 1 aliphatic carbocycles. The fourth-order valence-corrected chi connectivity index (χ4v) is 4.05. The lowest BCUT2D eigenvalue weighted by atomic mass is 9.79. The molecule has 0 atom stereocenters. The summed E-state index contributed by atoms with van der Waals surface area (Å²) in [4.78, 5) is 6.77. The van der Waals surface area contributed by atoms with E-state index in [9.17, 15) is 4.39 Å². The Morgan fingerprint density at radius 2 is 1.85 bits per heavy atom. The maximum atomic E-state index is 13.3. The average molecular weight is 362 g/mol. The summed E-state index contributed by atoms with van der Waals surface area (Å²) in [5.74, 6) is 0.669. The normalized spacial score (nSPS) is 20.9. The molecular weight excluding hydrogens is 331 g/mol. The molecule has 0 amide bonds. The van der Waals surface area contributed by atoms with Gasteiger partial charge in [0, 0.05) is 45.2 Å². The van der Waals surface area contributed by atoms with E-state index in [0.29, 0.717) is 0 Å². The van der Waals surface area contributed by atoms with Crippen molar-refractivity contribution in [2.45, 2.75) is 31.1 Å². The minimum Gasteiger partial charge on any atom is -0.379 e. The summed E-state index contributed by atoms with van der Waals surface area (Å²) in [5, 5.41) is 6.92. The number of hydrogen-bond acceptors (Lipinski definition) is 3. The van der Waals surface area contributed by atoms with Crippen LogP contribution in [0.25, 0.3) is 0 Å². The standard InChI is InChI=1S/C20H31FN4O/c1-22-19(23-10-11-25-12-14-26-15-13-25)24-16-20(8-2-3-9-20)17-4-6-18(21)7-5-17/h4-7H,2-3,8-16H2,1H3,(H2,22,23,24). The fourth-order valence-electron chi connectivity index (χ4n) is 4.05. The summed E-state index contributed by atoms with van der Waals surface area (Å²) in [7, 11) is 1.81. The number of hydrogen-bond donors (Lipinski definition) is 2. The molecule has 2 aliphatic rings. The second-order valence-electron chi connectivity index (χ2n) is 7.30. The molecule has 1 heterocycles. The zero-order chi connectivity index (χ0) is 18.2. The van der Waals surface area contributed by atoms with E-state index in [2.05, 4.69) is 20.5 Å². The van der Waals surface area contributed by atoms with Crippen molar-refractivity contribution in [2.24, 2.45) is 4.99 Å². The summed E-state index contributed by atoms with van der Waals surface area (Å²) in [6.45, 7) is 6.34. The third-order valence-electron chi connectivity index (χ3n) is 5.66. The Morgan fingerprint density at radius 3 is 2.50 bits per heavy atom. The summed E-state index contributed by atoms with van der Waals surface area (Å²) in [6.07, 6.45) is 4.72. The van der Waals surface area contributed by atoms with E-state index in [1.807, 2.05) is 19.2 Å². The van der Waals surface area contributed by atoms with Gasteiger partial charge in [-0.3, -0.25) is 9.89 Å². The maximum absolute atomic E-state index is 13.3. The van der Waals surface area contributed by atoms with Gasteiger partial charge in [-0.25, -0.2) is 4.39 Å². The smallest absolute Gasteiger partial charge is 0.191 e. The monoisotopic (exact) mass is 362 g/mol. The van der Waals surface area contributed by atoms with Gasteiger partial charge < -0.3 is 15.4 Å². The van der Waals surface area contributed by atoms with Gasteiger partial charge in [-0.1, -0.05) is 25.0 Å². The van der Waals surface area contributed by atoms with Crippen LogP contribution in [0.15, 0.2) is 29.3 Å². The predicted octanol–water partition coefficient (Wildman–Crippen LogP) is 2.13. The third-order valence-corrected chi connectivity index (χ3v) is 5.66. The first kappa shape index (κ1) is 19.1. The molecule has 0 bridgehead atoms. The third kappa shape index (κ3) is 4.95. The van der Waals surface area contributed by atoms with Gasteiger partial charge in [0.15, 0.2) is 5.96 Å². The number of nitrogens with one attached hydrogen (secondary N) is 2. The Labute approximate surface area is 156 Å². The highest BCUT2D eigenvalue weighted by Crippen LogP contribution is 2.40. The van der Waals surface area contributed by atoms with E-state index in [-0.39, 0.29) is 11.2 Å². The van der Waals surface area contributed by atoms with Crippen molar-refractivity contribution in [3.63, 3.8) is 0 Å². The Kier molecular flexibility index (Phi) is 6.86. The Morgan fingerprint density at radius 1 is 1.15 bits per heavy atom. The Bertz CT molecular complexity index is 578. The van der Waals surface area contributed by atoms with Crippen LogP contribution in [0.1, 0.15) is 31.2 Å². The molecule has 1 saturated carbocycles. The van der Waals surface area contributed by atoms with Gasteiger partial charge in [0.2, 0.25) is 0 Å². The SMILES string of the molecule is CN=C(NCCN1CCOCC1)NCC1(c2ccc(F)cc2)CCCC1. The maximum Gasteiger partial charge on any atom is 0.191 e.